The normalized spacial score (nSPS) is 42.2. The fourth-order valence-electron chi connectivity index (χ4n) is 4.43. The predicted octanol–water partition coefficient (Wildman–Crippen LogP) is 1.49. The van der Waals surface area contributed by atoms with Crippen LogP contribution in [0.2, 0.25) is 0 Å². The van der Waals surface area contributed by atoms with Gasteiger partial charge in [0.05, 0.1) is 0 Å². The quantitative estimate of drug-likeness (QED) is 0.805. The number of piperidine rings is 1. The summed E-state index contributed by atoms with van der Waals surface area (Å²) in [7, 11) is 0. The second-order valence-corrected chi connectivity index (χ2v) is 7.12. The highest BCUT2D eigenvalue weighted by molar-refractivity contribution is 5.79. The number of nitrogens with one attached hydrogen (secondary N) is 1. The number of hydrogen-bond acceptors (Lipinski definition) is 3. The summed E-state index contributed by atoms with van der Waals surface area (Å²) >= 11 is 0. The Labute approximate surface area is 122 Å². The Morgan fingerprint density at radius 3 is 2.85 bits per heavy atom. The van der Waals surface area contributed by atoms with Gasteiger partial charge in [-0.05, 0) is 51.0 Å². The molecule has 2 aliphatic heterocycles. The molecule has 20 heavy (non-hydrogen) atoms. The van der Waals surface area contributed by atoms with Crippen molar-refractivity contribution in [3.05, 3.63) is 0 Å². The fraction of sp³-hybridized carbons (Fsp3) is 0.938. The highest BCUT2D eigenvalue weighted by Crippen LogP contribution is 2.30. The van der Waals surface area contributed by atoms with E-state index in [0.29, 0.717) is 12.0 Å². The Hall–Kier alpha value is -0.610. The van der Waals surface area contributed by atoms with E-state index in [4.69, 9.17) is 5.73 Å². The van der Waals surface area contributed by atoms with Crippen LogP contribution >= 0.6 is 0 Å². The van der Waals surface area contributed by atoms with Crippen molar-refractivity contribution < 1.29 is 4.79 Å². The van der Waals surface area contributed by atoms with Gasteiger partial charge in [-0.1, -0.05) is 13.3 Å². The summed E-state index contributed by atoms with van der Waals surface area (Å²) < 4.78 is 0. The van der Waals surface area contributed by atoms with Gasteiger partial charge in [-0.2, -0.15) is 0 Å². The third-order valence-electron chi connectivity index (χ3n) is 5.87. The standard InChI is InChI=1S/C16H29N3O/c1-11-14(5-2-6-15(11)17)16(20)18-12-7-9-19-8-3-4-13(19)10-12/h11-15H,2-10,17H2,1H3,(H,18,20). The van der Waals surface area contributed by atoms with E-state index in [1.807, 2.05) is 0 Å². The molecule has 5 unspecified atom stereocenters. The average Bonchev–Trinajstić information content (AvgIpc) is 2.89. The van der Waals surface area contributed by atoms with Crippen molar-refractivity contribution in [2.24, 2.45) is 17.6 Å². The number of carbonyl (C=O) groups excluding carboxylic acids is 1. The van der Waals surface area contributed by atoms with E-state index in [1.54, 1.807) is 0 Å². The van der Waals surface area contributed by atoms with Crippen molar-refractivity contribution in [2.45, 2.75) is 70.0 Å². The molecule has 3 fully saturated rings. The molecule has 0 aromatic carbocycles. The summed E-state index contributed by atoms with van der Waals surface area (Å²) in [6.45, 7) is 4.57. The smallest absolute Gasteiger partial charge is 0.223 e. The minimum atomic E-state index is 0.139. The maximum absolute atomic E-state index is 12.5. The third-order valence-corrected chi connectivity index (χ3v) is 5.87. The topological polar surface area (TPSA) is 58.4 Å². The van der Waals surface area contributed by atoms with Gasteiger partial charge in [-0.3, -0.25) is 4.79 Å². The van der Waals surface area contributed by atoms with Gasteiger partial charge in [0.2, 0.25) is 5.91 Å². The van der Waals surface area contributed by atoms with Crippen molar-refractivity contribution in [3.63, 3.8) is 0 Å². The van der Waals surface area contributed by atoms with E-state index >= 15 is 0 Å². The molecule has 3 aliphatic rings. The van der Waals surface area contributed by atoms with Crippen LogP contribution in [0.25, 0.3) is 0 Å². The number of hydrogen-bond donors (Lipinski definition) is 2. The van der Waals surface area contributed by atoms with Crippen molar-refractivity contribution in [1.82, 2.24) is 10.2 Å². The summed E-state index contributed by atoms with van der Waals surface area (Å²) in [5.41, 5.74) is 6.12. The maximum atomic E-state index is 12.5. The Morgan fingerprint density at radius 2 is 2.00 bits per heavy atom. The molecule has 4 heteroatoms. The molecule has 0 aromatic heterocycles. The van der Waals surface area contributed by atoms with E-state index in [0.717, 1.165) is 44.7 Å². The molecule has 0 spiro atoms. The Bertz CT molecular complexity index is 360. The van der Waals surface area contributed by atoms with E-state index in [9.17, 15) is 4.79 Å². The Balaban J connectivity index is 1.53. The first-order valence-corrected chi connectivity index (χ1v) is 8.45. The number of nitrogens with zero attached hydrogens (tertiary/aromatic N) is 1. The van der Waals surface area contributed by atoms with Crippen molar-refractivity contribution in [3.8, 4) is 0 Å². The van der Waals surface area contributed by atoms with E-state index in [-0.39, 0.29) is 17.9 Å². The third kappa shape index (κ3) is 2.86. The monoisotopic (exact) mass is 279 g/mol. The molecule has 0 aromatic rings. The lowest BCUT2D eigenvalue weighted by Gasteiger charge is -2.37. The van der Waals surface area contributed by atoms with Gasteiger partial charge in [0.1, 0.15) is 0 Å². The van der Waals surface area contributed by atoms with Crippen LogP contribution in [0.5, 0.6) is 0 Å². The first-order chi connectivity index (χ1) is 9.65. The summed E-state index contributed by atoms with van der Waals surface area (Å²) in [4.78, 5) is 15.1. The molecule has 0 bridgehead atoms. The molecule has 4 nitrogen and oxygen atoms in total. The lowest BCUT2D eigenvalue weighted by atomic mass is 9.76. The van der Waals surface area contributed by atoms with E-state index < -0.39 is 0 Å². The molecule has 2 saturated heterocycles. The van der Waals surface area contributed by atoms with Gasteiger partial charge in [-0.15, -0.1) is 0 Å². The van der Waals surface area contributed by atoms with Crippen molar-refractivity contribution in [2.75, 3.05) is 13.1 Å². The van der Waals surface area contributed by atoms with Crippen LogP contribution in [-0.2, 0) is 4.79 Å². The lowest BCUT2D eigenvalue weighted by Crippen LogP contribution is -2.51. The SMILES string of the molecule is CC1C(N)CCCC1C(=O)NC1CCN2CCCC2C1. The molecule has 2 heterocycles. The molecule has 114 valence electrons. The molecule has 0 radical (unpaired) electrons. The van der Waals surface area contributed by atoms with Gasteiger partial charge in [0, 0.05) is 30.6 Å². The minimum Gasteiger partial charge on any atom is -0.353 e. The minimum absolute atomic E-state index is 0.139. The van der Waals surface area contributed by atoms with Gasteiger partial charge in [0.15, 0.2) is 0 Å². The number of rotatable bonds is 2. The van der Waals surface area contributed by atoms with E-state index in [2.05, 4.69) is 17.1 Å². The number of nitrogens with two attached hydrogens (primary N) is 1. The lowest BCUT2D eigenvalue weighted by molar-refractivity contribution is -0.129. The van der Waals surface area contributed by atoms with Gasteiger partial charge in [0.25, 0.3) is 0 Å². The average molecular weight is 279 g/mol. The summed E-state index contributed by atoms with van der Waals surface area (Å²) in [6.07, 6.45) is 8.12. The van der Waals surface area contributed by atoms with Crippen LogP contribution in [0.4, 0.5) is 0 Å². The second kappa shape index (κ2) is 6.02. The molecule has 3 N–H and O–H groups in total. The van der Waals surface area contributed by atoms with Gasteiger partial charge >= 0.3 is 0 Å². The molecular formula is C16H29N3O. The van der Waals surface area contributed by atoms with E-state index in [1.165, 1.54) is 19.4 Å². The maximum Gasteiger partial charge on any atom is 0.223 e. The van der Waals surface area contributed by atoms with Crippen LogP contribution in [0.1, 0.15) is 51.9 Å². The largest absolute Gasteiger partial charge is 0.353 e. The predicted molar refractivity (Wildman–Crippen MR) is 80.2 cm³/mol. The molecule has 5 atom stereocenters. The van der Waals surface area contributed by atoms with Crippen LogP contribution in [-0.4, -0.2) is 42.0 Å². The van der Waals surface area contributed by atoms with Crippen molar-refractivity contribution >= 4 is 5.91 Å². The second-order valence-electron chi connectivity index (χ2n) is 7.12. The zero-order chi connectivity index (χ0) is 14.1. The van der Waals surface area contributed by atoms with Gasteiger partial charge < -0.3 is 16.0 Å². The summed E-state index contributed by atoms with van der Waals surface area (Å²) in [6, 6.07) is 1.32. The van der Waals surface area contributed by atoms with Crippen molar-refractivity contribution in [1.29, 1.82) is 0 Å². The zero-order valence-electron chi connectivity index (χ0n) is 12.7. The Kier molecular flexibility index (Phi) is 4.32. The van der Waals surface area contributed by atoms with Crippen LogP contribution in [0.15, 0.2) is 0 Å². The van der Waals surface area contributed by atoms with Crippen LogP contribution in [0.3, 0.4) is 0 Å². The van der Waals surface area contributed by atoms with Crippen LogP contribution < -0.4 is 11.1 Å². The number of carbonyl (C=O) groups is 1. The fourth-order valence-corrected chi connectivity index (χ4v) is 4.43. The summed E-state index contributed by atoms with van der Waals surface area (Å²) in [5, 5.41) is 3.33. The molecule has 3 rings (SSSR count). The number of amides is 1. The highest BCUT2D eigenvalue weighted by atomic mass is 16.2. The molecule has 1 aliphatic carbocycles. The highest BCUT2D eigenvalue weighted by Gasteiger charge is 2.36. The summed E-state index contributed by atoms with van der Waals surface area (Å²) in [5.74, 6) is 0.736. The molecular weight excluding hydrogens is 250 g/mol. The number of fused-ring (bicyclic) bond motifs is 1. The Morgan fingerprint density at radius 1 is 1.15 bits per heavy atom. The molecule has 1 saturated carbocycles. The zero-order valence-corrected chi connectivity index (χ0v) is 12.7. The van der Waals surface area contributed by atoms with Crippen LogP contribution in [0, 0.1) is 11.8 Å². The molecule has 1 amide bonds. The van der Waals surface area contributed by atoms with Gasteiger partial charge in [-0.25, -0.2) is 0 Å². The first kappa shape index (κ1) is 14.3. The first-order valence-electron chi connectivity index (χ1n) is 8.45.